The molecular weight excluding hydrogens is 1010 g/mol. The summed E-state index contributed by atoms with van der Waals surface area (Å²) >= 11 is 0. The number of aliphatic hydroxyl groups is 3. The van der Waals surface area contributed by atoms with Gasteiger partial charge in [-0.1, -0.05) is 295 Å². The molecule has 482 valence electrons. The summed E-state index contributed by atoms with van der Waals surface area (Å²) in [5.74, 6) is -1.97. The topological polar surface area (TPSA) is 173 Å². The first-order valence-electron chi connectivity index (χ1n) is 35.0. The van der Waals surface area contributed by atoms with Crippen LogP contribution in [0.15, 0.2) is 36.5 Å². The molecule has 0 amide bonds. The third kappa shape index (κ3) is 84.1. The molecule has 9 nitrogen and oxygen atoms in total. The molecule has 0 bridgehead atoms. The Kier molecular flexibility index (Phi) is 81.3. The Bertz CT molecular complexity index is 1140. The molecule has 0 saturated heterocycles. The smallest absolute Gasteiger partial charge is 0.303 e. The fraction of sp³-hybridized carbons (Fsp3) is 0.875. The summed E-state index contributed by atoms with van der Waals surface area (Å²) in [7, 11) is 0. The molecule has 0 rings (SSSR count). The minimum atomic E-state index is -0.667. The summed E-state index contributed by atoms with van der Waals surface area (Å²) < 4.78 is 0. The lowest BCUT2D eigenvalue weighted by Crippen LogP contribution is -2.32. The fourth-order valence-electron chi connectivity index (χ4n) is 9.65. The molecule has 0 atom stereocenters. The maximum absolute atomic E-state index is 10.4. The van der Waals surface area contributed by atoms with Crippen LogP contribution in [0.4, 0.5) is 0 Å². The fourth-order valence-corrected chi connectivity index (χ4v) is 9.65. The predicted molar refractivity (Wildman–Crippen MR) is 351 cm³/mol. The molecule has 0 unspecified atom stereocenters. The lowest BCUT2D eigenvalue weighted by atomic mass is 9.88. The van der Waals surface area contributed by atoms with Crippen molar-refractivity contribution in [2.24, 2.45) is 5.41 Å². The summed E-state index contributed by atoms with van der Waals surface area (Å²) in [4.78, 5) is 31.1. The number of allylic oxidation sites excluding steroid dienone is 6. The number of carbonyl (C=O) groups is 3. The molecule has 0 aliphatic rings. The number of hydrogen-bond acceptors (Lipinski definition) is 6. The van der Waals surface area contributed by atoms with Gasteiger partial charge in [-0.2, -0.15) is 0 Å². The largest absolute Gasteiger partial charge is 0.481 e. The molecular formula is C72H140O9. The lowest BCUT2D eigenvalue weighted by Gasteiger charge is -2.24. The van der Waals surface area contributed by atoms with Gasteiger partial charge < -0.3 is 30.6 Å². The van der Waals surface area contributed by atoms with Gasteiger partial charge in [0.2, 0.25) is 0 Å². The molecule has 0 aliphatic heterocycles. The average molecular weight is 1150 g/mol. The molecule has 0 saturated carbocycles. The summed E-state index contributed by atoms with van der Waals surface area (Å²) in [6, 6.07) is 0. The van der Waals surface area contributed by atoms with Crippen LogP contribution in [0.5, 0.6) is 0 Å². The van der Waals surface area contributed by atoms with E-state index in [2.05, 4.69) is 57.2 Å². The molecule has 0 aromatic carbocycles. The number of aliphatic hydroxyl groups excluding tert-OH is 3. The van der Waals surface area contributed by atoms with Crippen LogP contribution in [0.25, 0.3) is 0 Å². The van der Waals surface area contributed by atoms with Crippen LogP contribution in [0, 0.1) is 5.41 Å². The lowest BCUT2D eigenvalue weighted by molar-refractivity contribution is -0.138. The second-order valence-electron chi connectivity index (χ2n) is 23.8. The van der Waals surface area contributed by atoms with E-state index < -0.39 is 23.3 Å². The first-order chi connectivity index (χ1) is 39.6. The number of hydrogen-bond donors (Lipinski definition) is 6. The molecule has 0 spiro atoms. The summed E-state index contributed by atoms with van der Waals surface area (Å²) in [6.07, 6.45) is 82.0. The van der Waals surface area contributed by atoms with E-state index in [9.17, 15) is 14.4 Å². The maximum atomic E-state index is 10.4. The normalized spacial score (nSPS) is 11.4. The minimum absolute atomic E-state index is 0.156. The van der Waals surface area contributed by atoms with E-state index in [1.807, 2.05) is 6.92 Å². The second-order valence-corrected chi connectivity index (χ2v) is 23.8. The van der Waals surface area contributed by atoms with E-state index in [0.717, 1.165) is 38.5 Å². The van der Waals surface area contributed by atoms with Crippen molar-refractivity contribution in [3.8, 4) is 0 Å². The van der Waals surface area contributed by atoms with Gasteiger partial charge >= 0.3 is 17.9 Å². The van der Waals surface area contributed by atoms with Crippen LogP contribution in [0.2, 0.25) is 0 Å². The van der Waals surface area contributed by atoms with Gasteiger partial charge in [-0.15, -0.1) is 0 Å². The molecule has 0 fully saturated rings. The highest BCUT2D eigenvalue weighted by atomic mass is 16.4. The molecule has 0 radical (unpaired) electrons. The van der Waals surface area contributed by atoms with Crippen molar-refractivity contribution in [3.63, 3.8) is 0 Å². The van der Waals surface area contributed by atoms with Crippen LogP contribution in [0.3, 0.4) is 0 Å². The van der Waals surface area contributed by atoms with Gasteiger partial charge in [0.15, 0.2) is 0 Å². The Labute approximate surface area is 503 Å². The highest BCUT2D eigenvalue weighted by Gasteiger charge is 2.25. The SMILES string of the molecule is CCC(CO)(CO)CO.CCCCCCCC/C=C\CCCCCCCCCCCC(=O)O.CCCCCCCC/C=C\CCCCCCCCCCCC(=O)O.CCCCCCCC/C=C\CCCCCCCCCCCC(=O)O. The van der Waals surface area contributed by atoms with E-state index in [1.54, 1.807) is 0 Å². The van der Waals surface area contributed by atoms with Crippen molar-refractivity contribution in [1.29, 1.82) is 0 Å². The zero-order chi connectivity index (χ0) is 60.5. The van der Waals surface area contributed by atoms with Gasteiger partial charge in [0.25, 0.3) is 0 Å². The Morgan fingerprint density at radius 3 is 0.519 bits per heavy atom. The molecule has 9 heteroatoms. The maximum Gasteiger partial charge on any atom is 0.303 e. The highest BCUT2D eigenvalue weighted by Crippen LogP contribution is 2.19. The van der Waals surface area contributed by atoms with Crippen molar-refractivity contribution < 1.29 is 45.0 Å². The van der Waals surface area contributed by atoms with Gasteiger partial charge in [0.1, 0.15) is 0 Å². The van der Waals surface area contributed by atoms with Crippen molar-refractivity contribution >= 4 is 17.9 Å². The van der Waals surface area contributed by atoms with Crippen LogP contribution in [-0.4, -0.2) is 68.4 Å². The van der Waals surface area contributed by atoms with E-state index in [4.69, 9.17) is 30.6 Å². The third-order valence-electron chi connectivity index (χ3n) is 15.7. The van der Waals surface area contributed by atoms with Crippen LogP contribution >= 0.6 is 0 Å². The number of rotatable bonds is 61. The number of aliphatic carboxylic acids is 3. The van der Waals surface area contributed by atoms with Crippen molar-refractivity contribution in [1.82, 2.24) is 0 Å². The summed E-state index contributed by atoms with van der Waals surface area (Å²) in [5, 5.41) is 51.6. The monoisotopic (exact) mass is 1150 g/mol. The van der Waals surface area contributed by atoms with E-state index >= 15 is 0 Å². The van der Waals surface area contributed by atoms with Gasteiger partial charge in [-0.05, 0) is 103 Å². The Morgan fingerprint density at radius 1 is 0.247 bits per heavy atom. The number of carboxylic acid groups (broad SMARTS) is 3. The van der Waals surface area contributed by atoms with Crippen molar-refractivity contribution in [2.45, 2.75) is 381 Å². The van der Waals surface area contributed by atoms with Crippen LogP contribution in [-0.2, 0) is 14.4 Å². The third-order valence-corrected chi connectivity index (χ3v) is 15.7. The zero-order valence-electron chi connectivity index (χ0n) is 54.4. The van der Waals surface area contributed by atoms with Gasteiger partial charge in [-0.25, -0.2) is 0 Å². The molecule has 0 heterocycles. The van der Waals surface area contributed by atoms with E-state index in [0.29, 0.717) is 25.7 Å². The highest BCUT2D eigenvalue weighted by molar-refractivity contribution is 5.67. The number of unbranched alkanes of at least 4 members (excludes halogenated alkanes) is 45. The van der Waals surface area contributed by atoms with Gasteiger partial charge in [0.05, 0.1) is 19.8 Å². The molecule has 0 aliphatic carbocycles. The zero-order valence-corrected chi connectivity index (χ0v) is 54.4. The number of carboxylic acids is 3. The van der Waals surface area contributed by atoms with Crippen LogP contribution in [0.1, 0.15) is 381 Å². The molecule has 6 N–H and O–H groups in total. The molecule has 81 heavy (non-hydrogen) atoms. The predicted octanol–water partition coefficient (Wildman–Crippen LogP) is 22.4. The molecule has 0 aromatic rings. The first kappa shape index (κ1) is 85.0. The van der Waals surface area contributed by atoms with E-state index in [-0.39, 0.29) is 19.8 Å². The molecule has 0 aromatic heterocycles. The summed E-state index contributed by atoms with van der Waals surface area (Å²) in [5.41, 5.74) is -0.667. The average Bonchev–Trinajstić information content (AvgIpc) is 3.46. The second kappa shape index (κ2) is 77.5. The van der Waals surface area contributed by atoms with Gasteiger partial charge in [-0.3, -0.25) is 14.4 Å². The summed E-state index contributed by atoms with van der Waals surface area (Å²) in [6.45, 7) is 8.17. The Hall–Kier alpha value is -2.49. The quantitative estimate of drug-likeness (QED) is 0.0256. The van der Waals surface area contributed by atoms with E-state index in [1.165, 1.54) is 289 Å². The van der Waals surface area contributed by atoms with Crippen LogP contribution < -0.4 is 0 Å². The Morgan fingerprint density at radius 2 is 0.395 bits per heavy atom. The minimum Gasteiger partial charge on any atom is -0.481 e. The first-order valence-corrected chi connectivity index (χ1v) is 35.0. The Balaban J connectivity index is -0.000000509. The van der Waals surface area contributed by atoms with Crippen molar-refractivity contribution in [3.05, 3.63) is 36.5 Å². The standard InChI is InChI=1S/3C22H42O2.C6H14O3/c3*1-2-3-4-5-6-7-8-9-10-11-12-13-14-15-16-17-18-19-20-21-22(23)24;1-2-6(3-7,4-8)5-9/h3*9-10H,2-8,11-21H2,1H3,(H,23,24);7-9H,2-5H2,1H3/b3*10-9-;. The van der Waals surface area contributed by atoms with Crippen molar-refractivity contribution in [2.75, 3.05) is 19.8 Å². The van der Waals surface area contributed by atoms with Gasteiger partial charge in [0, 0.05) is 24.7 Å².